The Bertz CT molecular complexity index is 574. The standard InChI is InChI=1S/C16H16.3C2H6.CH4/c1-5-13-7-8-14-9-11(3)12(4)10-16(14)15(13)6-2;3*1-2;/h5-10H,1-2H2,3-4H3;3*1-2H3;1H4. The van der Waals surface area contributed by atoms with Gasteiger partial charge in [0.2, 0.25) is 0 Å². The lowest BCUT2D eigenvalue weighted by Crippen LogP contribution is -1.87. The molecular formula is C23H38. The van der Waals surface area contributed by atoms with Crippen LogP contribution in [0.25, 0.3) is 22.9 Å². The molecule has 2 aromatic carbocycles. The van der Waals surface area contributed by atoms with Gasteiger partial charge in [0.1, 0.15) is 0 Å². The molecule has 23 heavy (non-hydrogen) atoms. The summed E-state index contributed by atoms with van der Waals surface area (Å²) in [4.78, 5) is 0. The Labute approximate surface area is 146 Å². The van der Waals surface area contributed by atoms with Crippen LogP contribution < -0.4 is 0 Å². The zero-order valence-corrected chi connectivity index (χ0v) is 15.9. The summed E-state index contributed by atoms with van der Waals surface area (Å²) in [6, 6.07) is 8.70. The summed E-state index contributed by atoms with van der Waals surface area (Å²) in [5.41, 5.74) is 4.96. The molecular weight excluding hydrogens is 276 g/mol. The first-order valence-electron chi connectivity index (χ1n) is 8.46. The highest BCUT2D eigenvalue weighted by molar-refractivity contribution is 5.94. The second-order valence-electron chi connectivity index (χ2n) is 4.13. The highest BCUT2D eigenvalue weighted by Crippen LogP contribution is 2.27. The van der Waals surface area contributed by atoms with Crippen LogP contribution in [0.1, 0.15) is 71.2 Å². The largest absolute Gasteiger partial charge is 0.0984 e. The van der Waals surface area contributed by atoms with Crippen LogP contribution >= 0.6 is 0 Å². The Morgan fingerprint density at radius 2 is 1.22 bits per heavy atom. The van der Waals surface area contributed by atoms with Crippen LogP contribution in [0.5, 0.6) is 0 Å². The van der Waals surface area contributed by atoms with Gasteiger partial charge in [0.25, 0.3) is 0 Å². The fraction of sp³-hybridized carbons (Fsp3) is 0.391. The van der Waals surface area contributed by atoms with E-state index in [1.165, 1.54) is 27.5 Å². The minimum absolute atomic E-state index is 0. The van der Waals surface area contributed by atoms with Crippen molar-refractivity contribution in [1.82, 2.24) is 0 Å². The number of aryl methyl sites for hydroxylation is 2. The minimum Gasteiger partial charge on any atom is -0.0984 e. The lowest BCUT2D eigenvalue weighted by molar-refractivity contribution is 1.36. The smallest absolute Gasteiger partial charge is 0.0103 e. The van der Waals surface area contributed by atoms with E-state index in [2.05, 4.69) is 51.3 Å². The van der Waals surface area contributed by atoms with E-state index in [1.54, 1.807) is 0 Å². The predicted octanol–water partition coefficient (Wildman–Crippen LogP) is 8.46. The third-order valence-corrected chi connectivity index (χ3v) is 3.13. The summed E-state index contributed by atoms with van der Waals surface area (Å²) in [5, 5.41) is 2.53. The molecule has 0 nitrogen and oxygen atoms in total. The van der Waals surface area contributed by atoms with Crippen molar-refractivity contribution in [2.45, 2.75) is 62.8 Å². The van der Waals surface area contributed by atoms with Gasteiger partial charge in [-0.2, -0.15) is 0 Å². The molecule has 0 bridgehead atoms. The molecule has 2 aromatic rings. The SMILES string of the molecule is C.C=Cc1ccc2cc(C)c(C)cc2c1C=C.CC.CC.CC. The van der Waals surface area contributed by atoms with Gasteiger partial charge >= 0.3 is 0 Å². The third-order valence-electron chi connectivity index (χ3n) is 3.13. The number of fused-ring (bicyclic) bond motifs is 1. The van der Waals surface area contributed by atoms with Crippen molar-refractivity contribution in [3.63, 3.8) is 0 Å². The maximum absolute atomic E-state index is 3.89. The van der Waals surface area contributed by atoms with Crippen molar-refractivity contribution in [1.29, 1.82) is 0 Å². The Morgan fingerprint density at radius 1 is 0.739 bits per heavy atom. The van der Waals surface area contributed by atoms with E-state index in [4.69, 9.17) is 0 Å². The second-order valence-corrected chi connectivity index (χ2v) is 4.13. The Balaban J connectivity index is -0.000000514. The summed E-state index contributed by atoms with van der Waals surface area (Å²) in [6.07, 6.45) is 3.79. The van der Waals surface area contributed by atoms with E-state index in [1.807, 2.05) is 53.7 Å². The Morgan fingerprint density at radius 3 is 1.65 bits per heavy atom. The molecule has 0 N–H and O–H groups in total. The predicted molar refractivity (Wildman–Crippen MR) is 114 cm³/mol. The van der Waals surface area contributed by atoms with E-state index in [9.17, 15) is 0 Å². The zero-order chi connectivity index (χ0) is 17.7. The van der Waals surface area contributed by atoms with E-state index < -0.39 is 0 Å². The van der Waals surface area contributed by atoms with E-state index in [0.29, 0.717) is 0 Å². The Hall–Kier alpha value is -1.82. The van der Waals surface area contributed by atoms with Gasteiger partial charge in [-0.25, -0.2) is 0 Å². The van der Waals surface area contributed by atoms with Crippen molar-refractivity contribution >= 4 is 22.9 Å². The molecule has 0 spiro atoms. The number of rotatable bonds is 2. The molecule has 0 saturated heterocycles. The molecule has 0 aliphatic rings. The van der Waals surface area contributed by atoms with Crippen molar-refractivity contribution in [3.8, 4) is 0 Å². The summed E-state index contributed by atoms with van der Waals surface area (Å²) >= 11 is 0. The number of benzene rings is 2. The van der Waals surface area contributed by atoms with Crippen LogP contribution in [-0.2, 0) is 0 Å². The van der Waals surface area contributed by atoms with Crippen LogP contribution in [0.3, 0.4) is 0 Å². The van der Waals surface area contributed by atoms with Gasteiger partial charge in [0.15, 0.2) is 0 Å². The average Bonchev–Trinajstić information content (AvgIpc) is 2.60. The molecule has 0 amide bonds. The molecule has 0 aromatic heterocycles. The molecule has 0 atom stereocenters. The maximum atomic E-state index is 3.89. The fourth-order valence-corrected chi connectivity index (χ4v) is 2.04. The highest BCUT2D eigenvalue weighted by atomic mass is 14.1. The van der Waals surface area contributed by atoms with E-state index in [-0.39, 0.29) is 7.43 Å². The third kappa shape index (κ3) is 6.86. The second kappa shape index (κ2) is 15.1. The van der Waals surface area contributed by atoms with Gasteiger partial charge in [-0.1, -0.05) is 98.5 Å². The monoisotopic (exact) mass is 314 g/mol. The van der Waals surface area contributed by atoms with E-state index >= 15 is 0 Å². The van der Waals surface area contributed by atoms with Gasteiger partial charge in [-0.15, -0.1) is 0 Å². The topological polar surface area (TPSA) is 0 Å². The van der Waals surface area contributed by atoms with Crippen LogP contribution in [0.15, 0.2) is 37.4 Å². The summed E-state index contributed by atoms with van der Waals surface area (Å²) in [7, 11) is 0. The lowest BCUT2D eigenvalue weighted by Gasteiger charge is -2.09. The molecule has 0 saturated carbocycles. The highest BCUT2D eigenvalue weighted by Gasteiger charge is 2.04. The quantitative estimate of drug-likeness (QED) is 0.521. The fourth-order valence-electron chi connectivity index (χ4n) is 2.04. The summed E-state index contributed by atoms with van der Waals surface area (Å²) < 4.78 is 0. The van der Waals surface area contributed by atoms with Gasteiger partial charge in [-0.3, -0.25) is 0 Å². The van der Waals surface area contributed by atoms with Gasteiger partial charge in [0, 0.05) is 0 Å². The van der Waals surface area contributed by atoms with Gasteiger partial charge in [0.05, 0.1) is 0 Å². The lowest BCUT2D eigenvalue weighted by atomic mass is 9.95. The van der Waals surface area contributed by atoms with E-state index in [0.717, 1.165) is 5.56 Å². The van der Waals surface area contributed by atoms with Crippen LogP contribution in [0.2, 0.25) is 0 Å². The molecule has 0 fully saturated rings. The average molecular weight is 315 g/mol. The van der Waals surface area contributed by atoms with Crippen molar-refractivity contribution in [2.75, 3.05) is 0 Å². The number of hydrogen-bond donors (Lipinski definition) is 0. The molecule has 0 heterocycles. The summed E-state index contributed by atoms with van der Waals surface area (Å²) in [6.45, 7) is 24.0. The first-order chi connectivity index (χ1) is 10.7. The number of hydrogen-bond acceptors (Lipinski definition) is 0. The molecule has 0 heteroatoms. The normalized spacial score (nSPS) is 8.00. The molecule has 0 unspecified atom stereocenters. The first kappa shape index (κ1) is 26.1. The zero-order valence-electron chi connectivity index (χ0n) is 15.9. The van der Waals surface area contributed by atoms with Crippen LogP contribution in [-0.4, -0.2) is 0 Å². The van der Waals surface area contributed by atoms with Crippen LogP contribution in [0, 0.1) is 13.8 Å². The van der Waals surface area contributed by atoms with Crippen molar-refractivity contribution in [3.05, 3.63) is 59.7 Å². The van der Waals surface area contributed by atoms with Crippen molar-refractivity contribution < 1.29 is 0 Å². The molecule has 0 aliphatic carbocycles. The minimum atomic E-state index is 0. The molecule has 0 aliphatic heterocycles. The summed E-state index contributed by atoms with van der Waals surface area (Å²) in [5.74, 6) is 0. The van der Waals surface area contributed by atoms with Crippen LogP contribution in [0.4, 0.5) is 0 Å². The first-order valence-corrected chi connectivity index (χ1v) is 8.46. The van der Waals surface area contributed by atoms with Gasteiger partial charge < -0.3 is 0 Å². The maximum Gasteiger partial charge on any atom is -0.0103 e. The molecule has 2 rings (SSSR count). The molecule has 130 valence electrons. The molecule has 0 radical (unpaired) electrons. The van der Waals surface area contributed by atoms with Gasteiger partial charge in [-0.05, 0) is 46.9 Å². The van der Waals surface area contributed by atoms with Crippen molar-refractivity contribution in [2.24, 2.45) is 0 Å². The Kier molecular flexibility index (Phi) is 17.1.